The highest BCUT2D eigenvalue weighted by Gasteiger charge is 2.43. The summed E-state index contributed by atoms with van der Waals surface area (Å²) >= 11 is 12.8. The van der Waals surface area contributed by atoms with Crippen LogP contribution in [0.4, 0.5) is 0 Å². The number of hydrogen-bond acceptors (Lipinski definition) is 2. The summed E-state index contributed by atoms with van der Waals surface area (Å²) < 4.78 is 0. The van der Waals surface area contributed by atoms with Crippen LogP contribution in [0, 0.1) is 40.9 Å². The van der Waals surface area contributed by atoms with Gasteiger partial charge in [0.2, 0.25) is 5.91 Å². The lowest BCUT2D eigenvalue weighted by Gasteiger charge is -2.49. The van der Waals surface area contributed by atoms with Crippen LogP contribution >= 0.6 is 23.2 Å². The van der Waals surface area contributed by atoms with Gasteiger partial charge in [0.15, 0.2) is 0 Å². The number of alkyl halides is 2. The molecule has 0 aromatic rings. The Balaban J connectivity index is 1.29. The van der Waals surface area contributed by atoms with E-state index < -0.39 is 0 Å². The molecule has 1 N–H and O–H groups in total. The second kappa shape index (κ2) is 12.9. The van der Waals surface area contributed by atoms with Crippen LogP contribution in [0.1, 0.15) is 111 Å². The first kappa shape index (κ1) is 29.0. The summed E-state index contributed by atoms with van der Waals surface area (Å²) in [5.41, 5.74) is 0.178. The third-order valence-electron chi connectivity index (χ3n) is 10.6. The number of likely N-dealkylation sites (tertiary alicyclic amines) is 1. The third kappa shape index (κ3) is 7.35. The predicted molar refractivity (Wildman–Crippen MR) is 154 cm³/mol. The summed E-state index contributed by atoms with van der Waals surface area (Å²) in [5.74, 6) is 4.62. The molecule has 1 heterocycles. The van der Waals surface area contributed by atoms with Crippen LogP contribution < -0.4 is 5.32 Å². The Bertz CT molecular complexity index is 697. The molecule has 0 aromatic heterocycles. The highest BCUT2D eigenvalue weighted by atomic mass is 35.5. The lowest BCUT2D eigenvalue weighted by molar-refractivity contribution is -0.140. The lowest BCUT2D eigenvalue weighted by Crippen LogP contribution is -2.56. The molecule has 0 aromatic carbocycles. The van der Waals surface area contributed by atoms with Gasteiger partial charge in [-0.1, -0.05) is 40.5 Å². The monoisotopic (exact) mass is 540 g/mol. The van der Waals surface area contributed by atoms with Crippen molar-refractivity contribution in [2.24, 2.45) is 40.9 Å². The SMILES string of the molecule is CC(C)[C@@H](NCC1CCCC(C2CCC(Cl)CC2)C1)C(=O)N1CC[C@H](C2CCC(Cl)CC2)C(C)(C)C1. The fourth-order valence-electron chi connectivity index (χ4n) is 8.51. The van der Waals surface area contributed by atoms with Crippen molar-refractivity contribution in [1.82, 2.24) is 10.2 Å². The summed E-state index contributed by atoms with van der Waals surface area (Å²) in [4.78, 5) is 16.0. The number of hydrogen-bond donors (Lipinski definition) is 1. The van der Waals surface area contributed by atoms with Crippen molar-refractivity contribution < 1.29 is 4.79 Å². The quantitative estimate of drug-likeness (QED) is 0.333. The number of rotatable bonds is 7. The van der Waals surface area contributed by atoms with Crippen LogP contribution in [0.25, 0.3) is 0 Å². The predicted octanol–water partition coefficient (Wildman–Crippen LogP) is 7.88. The number of nitrogens with one attached hydrogen (secondary N) is 1. The third-order valence-corrected chi connectivity index (χ3v) is 11.5. The first-order chi connectivity index (χ1) is 17.1. The van der Waals surface area contributed by atoms with E-state index in [0.717, 1.165) is 56.7 Å². The summed E-state index contributed by atoms with van der Waals surface area (Å²) in [6, 6.07) is -0.0592. The average molecular weight is 542 g/mol. The highest BCUT2D eigenvalue weighted by Crippen LogP contribution is 2.46. The maximum atomic E-state index is 13.8. The molecule has 1 amide bonds. The molecule has 3 aliphatic carbocycles. The number of halogens is 2. The largest absolute Gasteiger partial charge is 0.341 e. The Morgan fingerprint density at radius 1 is 0.861 bits per heavy atom. The zero-order valence-electron chi connectivity index (χ0n) is 23.6. The molecule has 3 saturated carbocycles. The van der Waals surface area contributed by atoms with Crippen LogP contribution in [-0.4, -0.2) is 47.2 Å². The van der Waals surface area contributed by atoms with Crippen molar-refractivity contribution in [3.8, 4) is 0 Å². The van der Waals surface area contributed by atoms with Crippen LogP contribution in [-0.2, 0) is 4.79 Å². The summed E-state index contributed by atoms with van der Waals surface area (Å²) in [5, 5.41) is 4.59. The van der Waals surface area contributed by atoms with Gasteiger partial charge in [0, 0.05) is 23.8 Å². The molecule has 4 fully saturated rings. The van der Waals surface area contributed by atoms with Gasteiger partial charge in [-0.2, -0.15) is 0 Å². The molecular weight excluding hydrogens is 487 g/mol. The number of nitrogens with zero attached hydrogens (tertiary/aromatic N) is 1. The molecule has 0 bridgehead atoms. The molecule has 0 radical (unpaired) electrons. The topological polar surface area (TPSA) is 32.3 Å². The van der Waals surface area contributed by atoms with Crippen LogP contribution in [0.3, 0.4) is 0 Å². The molecule has 3 nitrogen and oxygen atoms in total. The second-order valence-electron chi connectivity index (χ2n) is 14.1. The zero-order chi connectivity index (χ0) is 25.9. The van der Waals surface area contributed by atoms with E-state index in [1.165, 1.54) is 64.2 Å². The first-order valence-electron chi connectivity index (χ1n) is 15.4. The minimum Gasteiger partial charge on any atom is -0.341 e. The van der Waals surface area contributed by atoms with E-state index in [4.69, 9.17) is 23.2 Å². The molecule has 1 saturated heterocycles. The number of carbonyl (C=O) groups excluding carboxylic acids is 1. The fraction of sp³-hybridized carbons (Fsp3) is 0.968. The minimum absolute atomic E-state index is 0.0592. The van der Waals surface area contributed by atoms with E-state index in [-0.39, 0.29) is 11.5 Å². The van der Waals surface area contributed by atoms with Gasteiger partial charge in [-0.05, 0) is 118 Å². The molecule has 0 spiro atoms. The van der Waals surface area contributed by atoms with E-state index in [1.54, 1.807) is 0 Å². The van der Waals surface area contributed by atoms with E-state index in [1.807, 2.05) is 0 Å². The van der Waals surface area contributed by atoms with Crippen LogP contribution in [0.5, 0.6) is 0 Å². The zero-order valence-corrected chi connectivity index (χ0v) is 25.1. The number of piperidine rings is 1. The fourth-order valence-corrected chi connectivity index (χ4v) is 9.02. The Kier molecular flexibility index (Phi) is 10.4. The number of carbonyl (C=O) groups is 1. The second-order valence-corrected chi connectivity index (χ2v) is 15.3. The van der Waals surface area contributed by atoms with Gasteiger partial charge in [0.25, 0.3) is 0 Å². The van der Waals surface area contributed by atoms with Gasteiger partial charge in [-0.3, -0.25) is 4.79 Å². The summed E-state index contributed by atoms with van der Waals surface area (Å²) in [7, 11) is 0. The van der Waals surface area contributed by atoms with Gasteiger partial charge in [-0.15, -0.1) is 23.2 Å². The van der Waals surface area contributed by atoms with Crippen LogP contribution in [0.2, 0.25) is 0 Å². The van der Waals surface area contributed by atoms with Gasteiger partial charge in [0.05, 0.1) is 6.04 Å². The standard InChI is InChI=1S/C31H54Cl2N2O/c1-21(2)29(34-19-22-6-5-7-25(18-22)23-8-12-26(32)13-9-23)30(36)35-17-16-28(31(3,4)20-35)24-10-14-27(33)15-11-24/h21-29,34H,5-20H2,1-4H3/t22?,23?,24?,25?,26?,27?,28-,29-/m1/s1. The smallest absolute Gasteiger partial charge is 0.239 e. The molecule has 4 atom stereocenters. The molecule has 1 aliphatic heterocycles. The first-order valence-corrected chi connectivity index (χ1v) is 16.3. The van der Waals surface area contributed by atoms with E-state index in [2.05, 4.69) is 37.9 Å². The number of amides is 1. The van der Waals surface area contributed by atoms with Crippen molar-refractivity contribution in [2.75, 3.05) is 19.6 Å². The van der Waals surface area contributed by atoms with Crippen molar-refractivity contribution in [3.63, 3.8) is 0 Å². The van der Waals surface area contributed by atoms with E-state index in [9.17, 15) is 4.79 Å². The minimum atomic E-state index is -0.0592. The van der Waals surface area contributed by atoms with Gasteiger partial charge < -0.3 is 10.2 Å². The Labute approximate surface area is 232 Å². The van der Waals surface area contributed by atoms with Crippen molar-refractivity contribution in [1.29, 1.82) is 0 Å². The molecule has 2 unspecified atom stereocenters. The van der Waals surface area contributed by atoms with Crippen LogP contribution in [0.15, 0.2) is 0 Å². The lowest BCUT2D eigenvalue weighted by atomic mass is 9.64. The van der Waals surface area contributed by atoms with E-state index in [0.29, 0.717) is 34.4 Å². The van der Waals surface area contributed by atoms with Gasteiger partial charge >= 0.3 is 0 Å². The summed E-state index contributed by atoms with van der Waals surface area (Å²) in [6.45, 7) is 12.1. The highest BCUT2D eigenvalue weighted by molar-refractivity contribution is 6.20. The normalized spacial score (nSPS) is 38.6. The Morgan fingerprint density at radius 3 is 2.06 bits per heavy atom. The molecular formula is C31H54Cl2N2O. The maximum Gasteiger partial charge on any atom is 0.239 e. The average Bonchev–Trinajstić information content (AvgIpc) is 2.84. The van der Waals surface area contributed by atoms with Crippen molar-refractivity contribution in [3.05, 3.63) is 0 Å². The van der Waals surface area contributed by atoms with Crippen molar-refractivity contribution >= 4 is 29.1 Å². The van der Waals surface area contributed by atoms with Crippen molar-refractivity contribution in [2.45, 2.75) is 128 Å². The Morgan fingerprint density at radius 2 is 1.47 bits per heavy atom. The van der Waals surface area contributed by atoms with Gasteiger partial charge in [0.1, 0.15) is 0 Å². The Hall–Kier alpha value is 0.01000. The molecule has 5 heteroatoms. The van der Waals surface area contributed by atoms with E-state index >= 15 is 0 Å². The molecule has 4 rings (SSSR count). The van der Waals surface area contributed by atoms with Gasteiger partial charge in [-0.25, -0.2) is 0 Å². The summed E-state index contributed by atoms with van der Waals surface area (Å²) in [6.07, 6.45) is 16.5. The molecule has 208 valence electrons. The maximum absolute atomic E-state index is 13.8. The molecule has 4 aliphatic rings. The molecule has 36 heavy (non-hydrogen) atoms.